The van der Waals surface area contributed by atoms with Crippen LogP contribution < -0.4 is 10.6 Å². The second-order valence-electron chi connectivity index (χ2n) is 5.58. The van der Waals surface area contributed by atoms with Gasteiger partial charge in [-0.3, -0.25) is 14.4 Å². The molecule has 0 saturated carbocycles. The van der Waals surface area contributed by atoms with E-state index in [1.807, 2.05) is 63.4 Å². The van der Waals surface area contributed by atoms with Crippen molar-refractivity contribution in [3.05, 3.63) is 57.7 Å². The summed E-state index contributed by atoms with van der Waals surface area (Å²) in [5.41, 5.74) is 1.13. The second-order valence-corrected chi connectivity index (χ2v) is 9.50. The Kier molecular flexibility index (Phi) is 10.0. The van der Waals surface area contributed by atoms with E-state index in [1.165, 1.54) is 0 Å². The van der Waals surface area contributed by atoms with E-state index in [9.17, 15) is 19.2 Å². The van der Waals surface area contributed by atoms with Crippen molar-refractivity contribution in [3.8, 4) is 0 Å². The molecule has 2 amide bonds. The fourth-order valence-corrected chi connectivity index (χ4v) is 7.66. The van der Waals surface area contributed by atoms with Crippen LogP contribution in [0.25, 0.3) is 0 Å². The number of hydrogen-bond acceptors (Lipinski definition) is 5. The van der Waals surface area contributed by atoms with Crippen molar-refractivity contribution in [2.45, 2.75) is 6.61 Å². The van der Waals surface area contributed by atoms with Crippen LogP contribution in [0.15, 0.2) is 30.3 Å². The van der Waals surface area contributed by atoms with Crippen molar-refractivity contribution in [1.29, 1.82) is 0 Å². The quantitative estimate of drug-likeness (QED) is 0.300. The van der Waals surface area contributed by atoms with Crippen LogP contribution in [0.1, 0.15) is 26.3 Å². The number of amides is 2. The van der Waals surface area contributed by atoms with Gasteiger partial charge in [0.25, 0.3) is 10.5 Å². The summed E-state index contributed by atoms with van der Waals surface area (Å²) in [6, 6.07) is 9.06. The first-order valence-corrected chi connectivity index (χ1v) is 12.0. The van der Waals surface area contributed by atoms with E-state index >= 15 is 0 Å². The van der Waals surface area contributed by atoms with Gasteiger partial charge in [-0.05, 0) is 96.5 Å². The van der Waals surface area contributed by atoms with E-state index in [0.717, 1.165) is 5.56 Å². The lowest BCUT2D eigenvalue weighted by Crippen LogP contribution is -2.33. The number of benzene rings is 2. The Balaban J connectivity index is 2.10. The van der Waals surface area contributed by atoms with Gasteiger partial charge in [-0.2, -0.15) is 0 Å². The molecule has 2 aromatic carbocycles. The van der Waals surface area contributed by atoms with E-state index in [0.29, 0.717) is 10.7 Å². The standard InChI is InChI=1S/C18H11Cl2I3N2O5/c19-16(27)10-12(21)11(17(20)28)14(23)15(13(10)22)25-9(26)6-24-18(29)30-7-8-4-2-1-3-5-8/h1-5H,6-7H2,(H,24,29)(H,25,26). The lowest BCUT2D eigenvalue weighted by atomic mass is 10.1. The van der Waals surface area contributed by atoms with Crippen LogP contribution >= 0.6 is 91.0 Å². The van der Waals surface area contributed by atoms with Gasteiger partial charge < -0.3 is 15.4 Å². The SMILES string of the molecule is O=C(CNC(=O)OCc1ccccc1)Nc1c(I)c(C(=O)Cl)c(I)c(C(=O)Cl)c1I. The molecule has 0 bridgehead atoms. The number of carbonyl (C=O) groups excluding carboxylic acids is 4. The van der Waals surface area contributed by atoms with Crippen LogP contribution in [0.2, 0.25) is 0 Å². The zero-order valence-electron chi connectivity index (χ0n) is 14.7. The van der Waals surface area contributed by atoms with Crippen LogP contribution in [0.4, 0.5) is 10.5 Å². The van der Waals surface area contributed by atoms with Crippen molar-refractivity contribution in [3.63, 3.8) is 0 Å². The summed E-state index contributed by atoms with van der Waals surface area (Å²) >= 11 is 16.8. The molecular weight excluding hydrogens is 776 g/mol. The van der Waals surface area contributed by atoms with Crippen molar-refractivity contribution in [1.82, 2.24) is 5.32 Å². The maximum Gasteiger partial charge on any atom is 0.407 e. The van der Waals surface area contributed by atoms with Gasteiger partial charge in [-0.25, -0.2) is 4.79 Å². The van der Waals surface area contributed by atoms with E-state index in [4.69, 9.17) is 27.9 Å². The Labute approximate surface area is 222 Å². The maximum atomic E-state index is 12.3. The van der Waals surface area contributed by atoms with Crippen LogP contribution in [-0.4, -0.2) is 29.0 Å². The fraction of sp³-hybridized carbons (Fsp3) is 0.111. The fourth-order valence-electron chi connectivity index (χ4n) is 2.23. The molecule has 7 nitrogen and oxygen atoms in total. The molecule has 0 unspecified atom stereocenters. The molecule has 0 aliphatic carbocycles. The largest absolute Gasteiger partial charge is 0.445 e. The molecule has 2 aromatic rings. The Bertz CT molecular complexity index is 978. The molecule has 30 heavy (non-hydrogen) atoms. The lowest BCUT2D eigenvalue weighted by molar-refractivity contribution is -0.115. The van der Waals surface area contributed by atoms with Gasteiger partial charge in [0.05, 0.1) is 24.0 Å². The van der Waals surface area contributed by atoms with Crippen LogP contribution in [0, 0.1) is 10.7 Å². The van der Waals surface area contributed by atoms with Crippen molar-refractivity contribution < 1.29 is 23.9 Å². The number of rotatable bonds is 7. The molecule has 0 aliphatic heterocycles. The average molecular weight is 787 g/mol. The third kappa shape index (κ3) is 6.64. The molecular formula is C18H11Cl2I3N2O5. The first-order chi connectivity index (χ1) is 14.1. The smallest absolute Gasteiger partial charge is 0.407 e. The Morgan fingerprint density at radius 1 is 0.867 bits per heavy atom. The minimum atomic E-state index is -0.794. The van der Waals surface area contributed by atoms with Crippen LogP contribution in [-0.2, 0) is 16.1 Å². The Hall–Kier alpha value is -0.710. The van der Waals surface area contributed by atoms with Gasteiger partial charge in [-0.1, -0.05) is 30.3 Å². The molecule has 0 spiro atoms. The van der Waals surface area contributed by atoms with Crippen LogP contribution in [0.3, 0.4) is 0 Å². The van der Waals surface area contributed by atoms with Crippen molar-refractivity contribution >= 4 is 119 Å². The van der Waals surface area contributed by atoms with Crippen molar-refractivity contribution in [2.24, 2.45) is 0 Å². The van der Waals surface area contributed by atoms with E-state index in [-0.39, 0.29) is 30.0 Å². The summed E-state index contributed by atoms with van der Waals surface area (Å²) in [5, 5.41) is 3.32. The monoisotopic (exact) mass is 786 g/mol. The molecule has 0 heterocycles. The first kappa shape index (κ1) is 25.5. The highest BCUT2D eigenvalue weighted by Gasteiger charge is 2.27. The van der Waals surface area contributed by atoms with Gasteiger partial charge >= 0.3 is 6.09 Å². The molecule has 2 rings (SSSR count). The van der Waals surface area contributed by atoms with Crippen molar-refractivity contribution in [2.75, 3.05) is 11.9 Å². The second kappa shape index (κ2) is 11.8. The van der Waals surface area contributed by atoms with E-state index in [2.05, 4.69) is 10.6 Å². The molecule has 0 fully saturated rings. The molecule has 12 heteroatoms. The molecule has 158 valence electrons. The van der Waals surface area contributed by atoms with Gasteiger partial charge in [0.1, 0.15) is 13.2 Å². The third-order valence-corrected chi connectivity index (χ3v) is 7.19. The van der Waals surface area contributed by atoms with E-state index < -0.39 is 22.5 Å². The first-order valence-electron chi connectivity index (χ1n) is 7.98. The van der Waals surface area contributed by atoms with Crippen LogP contribution in [0.5, 0.6) is 0 Å². The number of alkyl carbamates (subject to hydrolysis) is 1. The maximum absolute atomic E-state index is 12.3. The molecule has 0 radical (unpaired) electrons. The molecule has 0 saturated heterocycles. The zero-order valence-corrected chi connectivity index (χ0v) is 22.7. The molecule has 0 aromatic heterocycles. The number of halogens is 5. The lowest BCUT2D eigenvalue weighted by Gasteiger charge is -2.17. The van der Waals surface area contributed by atoms with Gasteiger partial charge in [-0.15, -0.1) is 0 Å². The number of nitrogens with one attached hydrogen (secondary N) is 2. The summed E-state index contributed by atoms with van der Waals surface area (Å²) in [5.74, 6) is -0.593. The topological polar surface area (TPSA) is 102 Å². The highest BCUT2D eigenvalue weighted by molar-refractivity contribution is 14.1. The third-order valence-electron chi connectivity index (χ3n) is 3.58. The van der Waals surface area contributed by atoms with Gasteiger partial charge in [0.15, 0.2) is 0 Å². The highest BCUT2D eigenvalue weighted by atomic mass is 127. The zero-order chi connectivity index (χ0) is 22.4. The van der Waals surface area contributed by atoms with Gasteiger partial charge in [0, 0.05) is 3.57 Å². The summed E-state index contributed by atoms with van der Waals surface area (Å²) in [4.78, 5) is 47.8. The molecule has 2 N–H and O–H groups in total. The number of anilines is 1. The number of ether oxygens (including phenoxy) is 1. The normalized spacial score (nSPS) is 10.3. The van der Waals surface area contributed by atoms with E-state index in [1.54, 1.807) is 34.7 Å². The predicted octanol–water partition coefficient (Wildman–Crippen LogP) is 5.12. The predicted molar refractivity (Wildman–Crippen MR) is 138 cm³/mol. The Morgan fingerprint density at radius 3 is 1.90 bits per heavy atom. The summed E-state index contributed by atoms with van der Waals surface area (Å²) in [6.07, 6.45) is -0.769. The minimum absolute atomic E-state index is 0.0591. The Morgan fingerprint density at radius 2 is 1.40 bits per heavy atom. The summed E-state index contributed by atoms with van der Waals surface area (Å²) in [7, 11) is 0. The highest BCUT2D eigenvalue weighted by Crippen LogP contribution is 2.37. The number of hydrogen-bond donors (Lipinski definition) is 2. The summed E-state index contributed by atoms with van der Waals surface area (Å²) in [6.45, 7) is -0.330. The summed E-state index contributed by atoms with van der Waals surface area (Å²) < 4.78 is 6.03. The molecule has 0 atom stereocenters. The minimum Gasteiger partial charge on any atom is -0.445 e. The average Bonchev–Trinajstić information content (AvgIpc) is 2.68. The number of carbonyl (C=O) groups is 4. The van der Waals surface area contributed by atoms with Gasteiger partial charge in [0.2, 0.25) is 5.91 Å². The molecule has 0 aliphatic rings.